The molecule has 1 amide bonds. The van der Waals surface area contributed by atoms with Crippen molar-refractivity contribution in [1.82, 2.24) is 19.9 Å². The van der Waals surface area contributed by atoms with E-state index >= 15 is 0 Å². The third-order valence-corrected chi connectivity index (χ3v) is 5.31. The number of benzene rings is 1. The molecule has 0 atom stereocenters. The van der Waals surface area contributed by atoms with Gasteiger partial charge in [0.15, 0.2) is 5.65 Å². The van der Waals surface area contributed by atoms with E-state index in [1.807, 2.05) is 28.8 Å². The minimum absolute atomic E-state index is 0.157. The number of amides is 1. The minimum atomic E-state index is -0.157. The molecule has 0 aliphatic heterocycles. The Kier molecular flexibility index (Phi) is 7.07. The molecule has 0 bridgehead atoms. The molecular formula is C23H33N5O. The van der Waals surface area contributed by atoms with Gasteiger partial charge < -0.3 is 15.6 Å². The van der Waals surface area contributed by atoms with Gasteiger partial charge in [0.2, 0.25) is 0 Å². The lowest BCUT2D eigenvalue weighted by Gasteiger charge is -2.10. The van der Waals surface area contributed by atoms with Crippen LogP contribution in [0.4, 0.5) is 5.82 Å². The van der Waals surface area contributed by atoms with Crippen LogP contribution in [-0.2, 0) is 6.54 Å². The molecule has 2 aromatic heterocycles. The average Bonchev–Trinajstić information content (AvgIpc) is 2.97. The summed E-state index contributed by atoms with van der Waals surface area (Å²) in [5.74, 6) is 0.830. The Morgan fingerprint density at radius 3 is 2.48 bits per heavy atom. The fraction of sp³-hybridized carbons (Fsp3) is 0.522. The molecule has 2 heterocycles. The second-order valence-corrected chi connectivity index (χ2v) is 8.15. The molecule has 0 radical (unpaired) electrons. The first kappa shape index (κ1) is 21.1. The highest BCUT2D eigenvalue weighted by Gasteiger charge is 2.23. The van der Waals surface area contributed by atoms with Gasteiger partial charge in [-0.1, -0.05) is 58.6 Å². The van der Waals surface area contributed by atoms with E-state index in [1.165, 1.54) is 19.3 Å². The van der Waals surface area contributed by atoms with Gasteiger partial charge in [0.1, 0.15) is 16.9 Å². The summed E-state index contributed by atoms with van der Waals surface area (Å²) < 4.78 is 1.95. The Balaban J connectivity index is 1.91. The number of nitrogens with zero attached hydrogens (tertiary/aromatic N) is 3. The highest BCUT2D eigenvalue weighted by molar-refractivity contribution is 6.10. The maximum Gasteiger partial charge on any atom is 0.257 e. The van der Waals surface area contributed by atoms with Gasteiger partial charge in [-0.15, -0.1) is 0 Å². The first-order valence-corrected chi connectivity index (χ1v) is 10.9. The molecule has 0 aliphatic rings. The first-order valence-electron chi connectivity index (χ1n) is 10.9. The third-order valence-electron chi connectivity index (χ3n) is 5.31. The summed E-state index contributed by atoms with van der Waals surface area (Å²) in [5.41, 5.74) is 9.78. The Bertz CT molecular complexity index is 976. The molecule has 0 unspecified atom stereocenters. The zero-order chi connectivity index (χ0) is 20.8. The van der Waals surface area contributed by atoms with E-state index in [4.69, 9.17) is 15.7 Å². The third kappa shape index (κ3) is 4.86. The first-order chi connectivity index (χ1) is 14.0. The van der Waals surface area contributed by atoms with Crippen LogP contribution in [0.2, 0.25) is 0 Å². The highest BCUT2D eigenvalue weighted by Crippen LogP contribution is 2.28. The summed E-state index contributed by atoms with van der Waals surface area (Å²) in [5, 5.41) is 3.04. The largest absolute Gasteiger partial charge is 0.384 e. The molecule has 0 saturated carbocycles. The molecule has 29 heavy (non-hydrogen) atoms. The zero-order valence-corrected chi connectivity index (χ0v) is 17.9. The zero-order valence-electron chi connectivity index (χ0n) is 17.9. The van der Waals surface area contributed by atoms with Crippen molar-refractivity contribution in [3.8, 4) is 0 Å². The van der Waals surface area contributed by atoms with Crippen LogP contribution in [0.25, 0.3) is 22.2 Å². The molecule has 0 spiro atoms. The molecule has 3 rings (SSSR count). The molecule has 0 saturated heterocycles. The van der Waals surface area contributed by atoms with Crippen molar-refractivity contribution in [3.05, 3.63) is 29.8 Å². The average molecular weight is 396 g/mol. The molecule has 6 heteroatoms. The van der Waals surface area contributed by atoms with Crippen LogP contribution in [0.15, 0.2) is 24.3 Å². The number of anilines is 1. The molecule has 6 nitrogen and oxygen atoms in total. The van der Waals surface area contributed by atoms with Crippen molar-refractivity contribution in [2.24, 2.45) is 5.92 Å². The van der Waals surface area contributed by atoms with Gasteiger partial charge in [-0.2, -0.15) is 0 Å². The number of fused-ring (bicyclic) bond motifs is 2. The molecule has 0 aliphatic carbocycles. The quantitative estimate of drug-likeness (QED) is 0.477. The summed E-state index contributed by atoms with van der Waals surface area (Å²) in [6, 6.07) is 7.73. The summed E-state index contributed by atoms with van der Waals surface area (Å²) in [4.78, 5) is 22.5. The lowest BCUT2D eigenvalue weighted by molar-refractivity contribution is 0.0955. The van der Waals surface area contributed by atoms with E-state index in [9.17, 15) is 4.79 Å². The Morgan fingerprint density at radius 1 is 1.10 bits per heavy atom. The number of carbonyl (C=O) groups excluding carboxylic acids is 1. The number of aryl methyl sites for hydroxylation is 1. The predicted molar refractivity (Wildman–Crippen MR) is 120 cm³/mol. The van der Waals surface area contributed by atoms with Crippen molar-refractivity contribution in [2.75, 3.05) is 12.3 Å². The van der Waals surface area contributed by atoms with E-state index in [0.717, 1.165) is 36.8 Å². The fourth-order valence-electron chi connectivity index (χ4n) is 3.57. The van der Waals surface area contributed by atoms with Crippen LogP contribution in [-0.4, -0.2) is 27.0 Å². The van der Waals surface area contributed by atoms with E-state index in [2.05, 4.69) is 26.1 Å². The van der Waals surface area contributed by atoms with Gasteiger partial charge in [0, 0.05) is 13.1 Å². The van der Waals surface area contributed by atoms with Crippen molar-refractivity contribution in [1.29, 1.82) is 0 Å². The van der Waals surface area contributed by atoms with Crippen molar-refractivity contribution in [2.45, 2.75) is 65.8 Å². The Labute approximate surface area is 172 Å². The lowest BCUT2D eigenvalue weighted by atomic mass is 10.1. The second kappa shape index (κ2) is 9.72. The Hall–Kier alpha value is -2.63. The van der Waals surface area contributed by atoms with Crippen LogP contribution in [0.5, 0.6) is 0 Å². The van der Waals surface area contributed by atoms with Crippen molar-refractivity contribution in [3.63, 3.8) is 0 Å². The molecule has 1 aromatic carbocycles. The number of nitrogen functional groups attached to an aromatic ring is 1. The van der Waals surface area contributed by atoms with Gasteiger partial charge >= 0.3 is 0 Å². The van der Waals surface area contributed by atoms with Gasteiger partial charge in [0.25, 0.3) is 5.91 Å². The lowest BCUT2D eigenvalue weighted by Crippen LogP contribution is -2.25. The molecular weight excluding hydrogens is 362 g/mol. The van der Waals surface area contributed by atoms with E-state index in [1.54, 1.807) is 0 Å². The molecule has 156 valence electrons. The number of rotatable bonds is 10. The van der Waals surface area contributed by atoms with E-state index in [-0.39, 0.29) is 5.91 Å². The number of unbranched alkanes of at least 4 members (excludes halogenated alkanes) is 4. The van der Waals surface area contributed by atoms with Crippen LogP contribution < -0.4 is 11.1 Å². The van der Waals surface area contributed by atoms with Crippen LogP contribution in [0.3, 0.4) is 0 Å². The fourth-order valence-corrected chi connectivity index (χ4v) is 3.57. The summed E-state index contributed by atoms with van der Waals surface area (Å²) >= 11 is 0. The minimum Gasteiger partial charge on any atom is -0.384 e. The van der Waals surface area contributed by atoms with Gasteiger partial charge in [-0.3, -0.25) is 4.79 Å². The van der Waals surface area contributed by atoms with Gasteiger partial charge in [-0.05, 0) is 30.9 Å². The number of aromatic nitrogens is 3. The SMILES string of the molecule is CCCCCCCNC(=O)c1c(N)n(CCC(C)C)c2nc3ccccc3nc12. The van der Waals surface area contributed by atoms with E-state index < -0.39 is 0 Å². The number of hydrogen-bond acceptors (Lipinski definition) is 4. The predicted octanol–water partition coefficient (Wildman–Crippen LogP) is 4.91. The summed E-state index contributed by atoms with van der Waals surface area (Å²) in [6.07, 6.45) is 6.73. The standard InChI is InChI=1S/C23H33N5O/c1-4-5-6-7-10-14-25-23(29)19-20-22(28(21(19)24)15-13-16(2)3)27-18-12-9-8-11-17(18)26-20/h8-9,11-12,16H,4-7,10,13-15,24H2,1-3H3,(H,25,29). The summed E-state index contributed by atoms with van der Waals surface area (Å²) in [7, 11) is 0. The molecule has 0 fully saturated rings. The smallest absolute Gasteiger partial charge is 0.257 e. The number of carbonyl (C=O) groups is 1. The number of nitrogens with one attached hydrogen (secondary N) is 1. The number of para-hydroxylation sites is 2. The number of hydrogen-bond donors (Lipinski definition) is 2. The highest BCUT2D eigenvalue weighted by atomic mass is 16.1. The maximum absolute atomic E-state index is 13.0. The van der Waals surface area contributed by atoms with Crippen LogP contribution in [0, 0.1) is 5.92 Å². The molecule has 3 N–H and O–H groups in total. The van der Waals surface area contributed by atoms with Crippen LogP contribution >= 0.6 is 0 Å². The van der Waals surface area contributed by atoms with Crippen LogP contribution in [0.1, 0.15) is 69.7 Å². The van der Waals surface area contributed by atoms with Crippen molar-refractivity contribution >= 4 is 33.9 Å². The van der Waals surface area contributed by atoms with Gasteiger partial charge in [0.05, 0.1) is 11.0 Å². The topological polar surface area (TPSA) is 85.8 Å². The second-order valence-electron chi connectivity index (χ2n) is 8.15. The van der Waals surface area contributed by atoms with Gasteiger partial charge in [-0.25, -0.2) is 9.97 Å². The van der Waals surface area contributed by atoms with Crippen molar-refractivity contribution < 1.29 is 4.79 Å². The monoisotopic (exact) mass is 395 g/mol. The number of nitrogens with two attached hydrogens (primary N) is 1. The van der Waals surface area contributed by atoms with E-state index in [0.29, 0.717) is 35.0 Å². The summed E-state index contributed by atoms with van der Waals surface area (Å²) in [6.45, 7) is 7.92. The molecule has 3 aromatic rings. The Morgan fingerprint density at radius 2 is 1.79 bits per heavy atom. The maximum atomic E-state index is 13.0. The normalized spacial score (nSPS) is 11.6.